The summed E-state index contributed by atoms with van der Waals surface area (Å²) >= 11 is 0. The number of aromatic carboxylic acids is 1. The van der Waals surface area contributed by atoms with Crippen LogP contribution >= 0.6 is 0 Å². The van der Waals surface area contributed by atoms with Crippen LogP contribution in [-0.2, 0) is 6.54 Å². The Morgan fingerprint density at radius 1 is 1.37 bits per heavy atom. The van der Waals surface area contributed by atoms with Crippen LogP contribution in [0.3, 0.4) is 0 Å². The Morgan fingerprint density at radius 3 is 2.68 bits per heavy atom. The van der Waals surface area contributed by atoms with Crippen molar-refractivity contribution in [3.05, 3.63) is 48.0 Å². The fourth-order valence-electron chi connectivity index (χ4n) is 1.77. The Morgan fingerprint density at radius 2 is 2.05 bits per heavy atom. The molecule has 0 amide bonds. The second-order valence-corrected chi connectivity index (χ2v) is 4.10. The number of carboxylic acids is 1. The maximum absolute atomic E-state index is 11.2. The van der Waals surface area contributed by atoms with Gasteiger partial charge in [0.25, 0.3) is 0 Å². The molecule has 0 saturated carbocycles. The fourth-order valence-corrected chi connectivity index (χ4v) is 1.77. The third kappa shape index (κ3) is 2.98. The molecule has 98 valence electrons. The van der Waals surface area contributed by atoms with E-state index >= 15 is 0 Å². The highest BCUT2D eigenvalue weighted by molar-refractivity contribution is 5.95. The standard InChI is InChI=1S/C13H14N4O2/c1-17(8-12-15-5-2-6-16-12)11-4-3-9(14)7-10(11)13(18)19/h2-7H,8,14H2,1H3,(H,18,19). The maximum Gasteiger partial charge on any atom is 0.337 e. The molecule has 0 aliphatic rings. The monoisotopic (exact) mass is 258 g/mol. The Hall–Kier alpha value is -2.63. The average molecular weight is 258 g/mol. The Balaban J connectivity index is 2.28. The summed E-state index contributed by atoms with van der Waals surface area (Å²) < 4.78 is 0. The fraction of sp³-hybridized carbons (Fsp3) is 0.154. The molecule has 6 heteroatoms. The first kappa shape index (κ1) is 12.8. The van der Waals surface area contributed by atoms with Gasteiger partial charge in [-0.3, -0.25) is 0 Å². The summed E-state index contributed by atoms with van der Waals surface area (Å²) in [7, 11) is 1.79. The molecule has 1 aromatic carbocycles. The van der Waals surface area contributed by atoms with E-state index in [-0.39, 0.29) is 5.56 Å². The van der Waals surface area contributed by atoms with Crippen LogP contribution < -0.4 is 10.6 Å². The number of hydrogen-bond donors (Lipinski definition) is 2. The summed E-state index contributed by atoms with van der Waals surface area (Å²) in [6, 6.07) is 6.53. The van der Waals surface area contributed by atoms with E-state index in [9.17, 15) is 9.90 Å². The highest BCUT2D eigenvalue weighted by atomic mass is 16.4. The largest absolute Gasteiger partial charge is 0.478 e. The summed E-state index contributed by atoms with van der Waals surface area (Å²) in [5.41, 5.74) is 6.78. The van der Waals surface area contributed by atoms with Crippen LogP contribution in [0.1, 0.15) is 16.2 Å². The Kier molecular flexibility index (Phi) is 3.61. The molecule has 1 heterocycles. The Labute approximate surface area is 110 Å². The van der Waals surface area contributed by atoms with E-state index in [1.807, 2.05) is 0 Å². The minimum Gasteiger partial charge on any atom is -0.478 e. The van der Waals surface area contributed by atoms with Gasteiger partial charge in [-0.2, -0.15) is 0 Å². The SMILES string of the molecule is CN(Cc1ncccn1)c1ccc(N)cc1C(=O)O. The molecular weight excluding hydrogens is 244 g/mol. The second kappa shape index (κ2) is 5.34. The molecule has 0 saturated heterocycles. The van der Waals surface area contributed by atoms with Gasteiger partial charge in [0.2, 0.25) is 0 Å². The van der Waals surface area contributed by atoms with E-state index < -0.39 is 5.97 Å². The lowest BCUT2D eigenvalue weighted by atomic mass is 10.1. The molecule has 2 rings (SSSR count). The molecule has 0 spiro atoms. The van der Waals surface area contributed by atoms with Crippen molar-refractivity contribution in [1.29, 1.82) is 0 Å². The van der Waals surface area contributed by atoms with E-state index in [0.717, 1.165) is 0 Å². The van der Waals surface area contributed by atoms with E-state index in [1.165, 1.54) is 6.07 Å². The lowest BCUT2D eigenvalue weighted by molar-refractivity contribution is 0.0697. The van der Waals surface area contributed by atoms with Crippen molar-refractivity contribution in [2.75, 3.05) is 17.7 Å². The number of nitrogens with two attached hydrogens (primary N) is 1. The summed E-state index contributed by atoms with van der Waals surface area (Å²) in [6.45, 7) is 0.422. The van der Waals surface area contributed by atoms with Crippen LogP contribution in [0.25, 0.3) is 0 Å². The number of aromatic nitrogens is 2. The minimum absolute atomic E-state index is 0.165. The van der Waals surface area contributed by atoms with E-state index in [0.29, 0.717) is 23.7 Å². The summed E-state index contributed by atoms with van der Waals surface area (Å²) in [5, 5.41) is 9.19. The number of carbonyl (C=O) groups is 1. The van der Waals surface area contributed by atoms with Crippen LogP contribution in [0.4, 0.5) is 11.4 Å². The quantitative estimate of drug-likeness (QED) is 0.805. The number of anilines is 2. The molecule has 0 aliphatic heterocycles. The van der Waals surface area contributed by atoms with Gasteiger partial charge in [0.05, 0.1) is 17.8 Å². The molecule has 0 fully saturated rings. The summed E-state index contributed by atoms with van der Waals surface area (Å²) in [4.78, 5) is 21.2. The summed E-state index contributed by atoms with van der Waals surface area (Å²) in [6.07, 6.45) is 3.30. The third-order valence-corrected chi connectivity index (χ3v) is 2.66. The first-order chi connectivity index (χ1) is 9.08. The first-order valence-corrected chi connectivity index (χ1v) is 5.68. The molecule has 3 N–H and O–H groups in total. The van der Waals surface area contributed by atoms with Crippen molar-refractivity contribution in [2.24, 2.45) is 0 Å². The lowest BCUT2D eigenvalue weighted by Gasteiger charge is -2.20. The number of rotatable bonds is 4. The van der Waals surface area contributed by atoms with Gasteiger partial charge in [0, 0.05) is 25.1 Å². The third-order valence-electron chi connectivity index (χ3n) is 2.66. The van der Waals surface area contributed by atoms with Gasteiger partial charge in [0.1, 0.15) is 5.82 Å². The van der Waals surface area contributed by atoms with Gasteiger partial charge in [0.15, 0.2) is 0 Å². The average Bonchev–Trinajstić information content (AvgIpc) is 2.39. The number of nitrogen functional groups attached to an aromatic ring is 1. The summed E-state index contributed by atoms with van der Waals surface area (Å²) in [5.74, 6) is -0.388. The Bertz CT molecular complexity index is 586. The second-order valence-electron chi connectivity index (χ2n) is 4.10. The molecule has 0 bridgehead atoms. The van der Waals surface area contributed by atoms with Crippen molar-refractivity contribution in [3.63, 3.8) is 0 Å². The highest BCUT2D eigenvalue weighted by Gasteiger charge is 2.14. The van der Waals surface area contributed by atoms with Crippen LogP contribution in [-0.4, -0.2) is 28.1 Å². The van der Waals surface area contributed by atoms with Crippen molar-refractivity contribution >= 4 is 17.3 Å². The van der Waals surface area contributed by atoms with Gasteiger partial charge in [-0.1, -0.05) is 0 Å². The van der Waals surface area contributed by atoms with Gasteiger partial charge < -0.3 is 15.7 Å². The molecule has 0 radical (unpaired) electrons. The van der Waals surface area contributed by atoms with Crippen molar-refractivity contribution in [1.82, 2.24) is 9.97 Å². The highest BCUT2D eigenvalue weighted by Crippen LogP contribution is 2.23. The maximum atomic E-state index is 11.2. The zero-order valence-electron chi connectivity index (χ0n) is 10.4. The van der Waals surface area contributed by atoms with Crippen LogP contribution in [0.15, 0.2) is 36.7 Å². The van der Waals surface area contributed by atoms with Crippen LogP contribution in [0, 0.1) is 0 Å². The topological polar surface area (TPSA) is 92.3 Å². The molecule has 0 atom stereocenters. The van der Waals surface area contributed by atoms with Gasteiger partial charge >= 0.3 is 5.97 Å². The number of hydrogen-bond acceptors (Lipinski definition) is 5. The number of nitrogens with zero attached hydrogens (tertiary/aromatic N) is 3. The zero-order valence-corrected chi connectivity index (χ0v) is 10.4. The lowest BCUT2D eigenvalue weighted by Crippen LogP contribution is -2.20. The predicted octanol–water partition coefficient (Wildman–Crippen LogP) is 1.39. The molecule has 0 aliphatic carbocycles. The normalized spacial score (nSPS) is 10.2. The zero-order chi connectivity index (χ0) is 13.8. The van der Waals surface area contributed by atoms with Gasteiger partial charge in [-0.15, -0.1) is 0 Å². The predicted molar refractivity (Wildman–Crippen MR) is 72.0 cm³/mol. The molecular formula is C13H14N4O2. The first-order valence-electron chi connectivity index (χ1n) is 5.68. The van der Waals surface area contributed by atoms with E-state index in [1.54, 1.807) is 42.5 Å². The van der Waals surface area contributed by atoms with E-state index in [4.69, 9.17) is 5.73 Å². The molecule has 0 unspecified atom stereocenters. The van der Waals surface area contributed by atoms with Crippen LogP contribution in [0.5, 0.6) is 0 Å². The number of benzene rings is 1. The minimum atomic E-state index is -1.01. The number of carboxylic acid groups (broad SMARTS) is 1. The smallest absolute Gasteiger partial charge is 0.337 e. The molecule has 2 aromatic rings. The van der Waals surface area contributed by atoms with Crippen molar-refractivity contribution in [2.45, 2.75) is 6.54 Å². The van der Waals surface area contributed by atoms with Gasteiger partial charge in [-0.25, -0.2) is 14.8 Å². The van der Waals surface area contributed by atoms with Gasteiger partial charge in [-0.05, 0) is 24.3 Å². The molecule has 1 aromatic heterocycles. The molecule has 19 heavy (non-hydrogen) atoms. The van der Waals surface area contributed by atoms with Crippen LogP contribution in [0.2, 0.25) is 0 Å². The van der Waals surface area contributed by atoms with E-state index in [2.05, 4.69) is 9.97 Å². The van der Waals surface area contributed by atoms with Crippen molar-refractivity contribution < 1.29 is 9.90 Å². The molecule has 6 nitrogen and oxygen atoms in total. The van der Waals surface area contributed by atoms with Crippen molar-refractivity contribution in [3.8, 4) is 0 Å².